The molecule has 3 heteroatoms. The molecular weight excluding hydrogens is 224 g/mol. The molecule has 0 atom stereocenters. The zero-order valence-electron chi connectivity index (χ0n) is 10.7. The first kappa shape index (κ1) is 12.3. The number of amides is 1. The number of nitrogens with zero attached hydrogens (tertiary/aromatic N) is 1. The summed E-state index contributed by atoms with van der Waals surface area (Å²) in [5, 5.41) is 2.76. The van der Waals surface area contributed by atoms with Crippen LogP contribution in [0, 0.1) is 0 Å². The Bertz CT molecular complexity index is 529. The van der Waals surface area contributed by atoms with Gasteiger partial charge in [0.25, 0.3) is 0 Å². The maximum Gasteiger partial charge on any atom is 0.221 e. The van der Waals surface area contributed by atoms with Gasteiger partial charge in [-0.25, -0.2) is 4.57 Å². The molecule has 0 fully saturated rings. The largest absolute Gasteiger partial charge is 0.326 e. The average Bonchev–Trinajstić information content (AvgIpc) is 2.39. The van der Waals surface area contributed by atoms with Gasteiger partial charge in [0.1, 0.15) is 6.54 Å². The average molecular weight is 241 g/mol. The van der Waals surface area contributed by atoms with Gasteiger partial charge < -0.3 is 5.32 Å². The van der Waals surface area contributed by atoms with Crippen LogP contribution in [0.1, 0.15) is 13.8 Å². The highest BCUT2D eigenvalue weighted by Crippen LogP contribution is 2.20. The van der Waals surface area contributed by atoms with Crippen molar-refractivity contribution >= 4 is 11.6 Å². The van der Waals surface area contributed by atoms with Crippen LogP contribution in [0.2, 0.25) is 0 Å². The summed E-state index contributed by atoms with van der Waals surface area (Å²) in [6.45, 7) is 4.60. The molecule has 1 aromatic carbocycles. The maximum atomic E-state index is 10.9. The highest BCUT2D eigenvalue weighted by molar-refractivity contribution is 5.88. The van der Waals surface area contributed by atoms with Gasteiger partial charge in [0.05, 0.1) is 0 Å². The molecule has 2 rings (SSSR count). The van der Waals surface area contributed by atoms with Crippen molar-refractivity contribution in [2.24, 2.45) is 0 Å². The fourth-order valence-corrected chi connectivity index (χ4v) is 1.81. The van der Waals surface area contributed by atoms with E-state index < -0.39 is 0 Å². The summed E-state index contributed by atoms with van der Waals surface area (Å²) < 4.78 is 2.12. The standard InChI is InChI=1S/C15H16N2O/c1-3-17-10-8-14(9-11-17)13-4-6-15(7-5-13)16-12(2)18/h4-11H,3H2,1-2H3/p+1. The van der Waals surface area contributed by atoms with E-state index in [1.807, 2.05) is 24.3 Å². The van der Waals surface area contributed by atoms with E-state index in [9.17, 15) is 4.79 Å². The van der Waals surface area contributed by atoms with Crippen molar-refractivity contribution in [2.75, 3.05) is 5.32 Å². The van der Waals surface area contributed by atoms with Crippen LogP contribution in [0.15, 0.2) is 48.8 Å². The van der Waals surface area contributed by atoms with Gasteiger partial charge in [-0.15, -0.1) is 0 Å². The monoisotopic (exact) mass is 241 g/mol. The predicted molar refractivity (Wildman–Crippen MR) is 72.1 cm³/mol. The molecule has 0 spiro atoms. The predicted octanol–water partition coefficient (Wildman–Crippen LogP) is 2.62. The quantitative estimate of drug-likeness (QED) is 0.823. The molecule has 0 bridgehead atoms. The summed E-state index contributed by atoms with van der Waals surface area (Å²) in [4.78, 5) is 10.9. The second kappa shape index (κ2) is 5.45. The Labute approximate surface area is 107 Å². The van der Waals surface area contributed by atoms with E-state index in [1.165, 1.54) is 12.5 Å². The number of carbonyl (C=O) groups is 1. The molecule has 92 valence electrons. The zero-order chi connectivity index (χ0) is 13.0. The molecule has 1 heterocycles. The number of benzene rings is 1. The van der Waals surface area contributed by atoms with E-state index in [0.717, 1.165) is 17.8 Å². The summed E-state index contributed by atoms with van der Waals surface area (Å²) in [6, 6.07) is 12.0. The number of carbonyl (C=O) groups excluding carboxylic acids is 1. The molecule has 1 aromatic heterocycles. The van der Waals surface area contributed by atoms with Gasteiger partial charge in [-0.3, -0.25) is 4.79 Å². The fraction of sp³-hybridized carbons (Fsp3) is 0.200. The lowest BCUT2D eigenvalue weighted by Crippen LogP contribution is -2.30. The molecule has 0 aliphatic heterocycles. The third-order valence-electron chi connectivity index (χ3n) is 2.79. The maximum absolute atomic E-state index is 10.9. The summed E-state index contributed by atoms with van der Waals surface area (Å²) in [5.74, 6) is -0.0496. The molecular formula is C15H17N2O+. The minimum Gasteiger partial charge on any atom is -0.326 e. The Morgan fingerprint density at radius 1 is 1.06 bits per heavy atom. The molecule has 0 radical (unpaired) electrons. The molecule has 2 aromatic rings. The third kappa shape index (κ3) is 2.94. The van der Waals surface area contributed by atoms with E-state index in [4.69, 9.17) is 0 Å². The lowest BCUT2D eigenvalue weighted by atomic mass is 10.1. The first-order valence-electron chi connectivity index (χ1n) is 6.06. The van der Waals surface area contributed by atoms with Crippen molar-refractivity contribution in [3.05, 3.63) is 48.8 Å². The number of rotatable bonds is 3. The lowest BCUT2D eigenvalue weighted by Gasteiger charge is -2.04. The van der Waals surface area contributed by atoms with Gasteiger partial charge in [0.15, 0.2) is 12.4 Å². The van der Waals surface area contributed by atoms with Crippen LogP contribution in [0.4, 0.5) is 5.69 Å². The Kier molecular flexibility index (Phi) is 3.72. The smallest absolute Gasteiger partial charge is 0.221 e. The number of nitrogens with one attached hydrogen (secondary N) is 1. The molecule has 0 aliphatic carbocycles. The van der Waals surface area contributed by atoms with Crippen molar-refractivity contribution in [3.8, 4) is 11.1 Å². The Balaban J connectivity index is 2.20. The minimum absolute atomic E-state index is 0.0496. The highest BCUT2D eigenvalue weighted by atomic mass is 16.1. The summed E-state index contributed by atoms with van der Waals surface area (Å²) in [5.41, 5.74) is 3.15. The number of hydrogen-bond acceptors (Lipinski definition) is 1. The van der Waals surface area contributed by atoms with Gasteiger partial charge in [-0.2, -0.15) is 0 Å². The summed E-state index contributed by atoms with van der Waals surface area (Å²) in [6.07, 6.45) is 4.13. The molecule has 0 unspecified atom stereocenters. The number of hydrogen-bond donors (Lipinski definition) is 1. The van der Waals surface area contributed by atoms with Gasteiger partial charge in [0, 0.05) is 24.7 Å². The van der Waals surface area contributed by atoms with Crippen LogP contribution in [0.5, 0.6) is 0 Å². The second-order valence-corrected chi connectivity index (χ2v) is 4.18. The molecule has 3 nitrogen and oxygen atoms in total. The Hall–Kier alpha value is -2.16. The van der Waals surface area contributed by atoms with Crippen LogP contribution in [-0.2, 0) is 11.3 Å². The van der Waals surface area contributed by atoms with Gasteiger partial charge >= 0.3 is 0 Å². The van der Waals surface area contributed by atoms with Crippen LogP contribution in [0.25, 0.3) is 11.1 Å². The minimum atomic E-state index is -0.0496. The van der Waals surface area contributed by atoms with Crippen molar-refractivity contribution in [2.45, 2.75) is 20.4 Å². The topological polar surface area (TPSA) is 33.0 Å². The van der Waals surface area contributed by atoms with E-state index in [2.05, 4.69) is 41.3 Å². The summed E-state index contributed by atoms with van der Waals surface area (Å²) >= 11 is 0. The van der Waals surface area contributed by atoms with Crippen LogP contribution >= 0.6 is 0 Å². The Morgan fingerprint density at radius 2 is 1.61 bits per heavy atom. The van der Waals surface area contributed by atoms with Gasteiger partial charge in [0.2, 0.25) is 5.91 Å². The van der Waals surface area contributed by atoms with E-state index >= 15 is 0 Å². The summed E-state index contributed by atoms with van der Waals surface area (Å²) in [7, 11) is 0. The van der Waals surface area contributed by atoms with E-state index in [1.54, 1.807) is 0 Å². The molecule has 0 saturated heterocycles. The van der Waals surface area contributed by atoms with Gasteiger partial charge in [-0.1, -0.05) is 12.1 Å². The number of anilines is 1. The molecule has 0 aliphatic rings. The van der Waals surface area contributed by atoms with Crippen LogP contribution < -0.4 is 9.88 Å². The number of aryl methyl sites for hydroxylation is 1. The SMILES string of the molecule is CC[n+]1ccc(-c2ccc(NC(C)=O)cc2)cc1. The van der Waals surface area contributed by atoms with E-state index in [-0.39, 0.29) is 5.91 Å². The zero-order valence-corrected chi connectivity index (χ0v) is 10.7. The Morgan fingerprint density at radius 3 is 2.11 bits per heavy atom. The molecule has 0 saturated carbocycles. The second-order valence-electron chi connectivity index (χ2n) is 4.18. The normalized spacial score (nSPS) is 10.1. The molecule has 1 amide bonds. The van der Waals surface area contributed by atoms with Crippen LogP contribution in [-0.4, -0.2) is 5.91 Å². The first-order chi connectivity index (χ1) is 8.69. The molecule has 1 N–H and O–H groups in total. The van der Waals surface area contributed by atoms with E-state index in [0.29, 0.717) is 0 Å². The van der Waals surface area contributed by atoms with Gasteiger partial charge in [-0.05, 0) is 30.2 Å². The van der Waals surface area contributed by atoms with Crippen molar-refractivity contribution in [1.29, 1.82) is 0 Å². The first-order valence-corrected chi connectivity index (χ1v) is 6.06. The number of aromatic nitrogens is 1. The van der Waals surface area contributed by atoms with Crippen molar-refractivity contribution < 1.29 is 9.36 Å². The third-order valence-corrected chi connectivity index (χ3v) is 2.79. The fourth-order valence-electron chi connectivity index (χ4n) is 1.81. The molecule has 18 heavy (non-hydrogen) atoms. The number of pyridine rings is 1. The highest BCUT2D eigenvalue weighted by Gasteiger charge is 2.01. The lowest BCUT2D eigenvalue weighted by molar-refractivity contribution is -0.693. The van der Waals surface area contributed by atoms with Crippen LogP contribution in [0.3, 0.4) is 0 Å². The van der Waals surface area contributed by atoms with Crippen molar-refractivity contribution in [3.63, 3.8) is 0 Å². The van der Waals surface area contributed by atoms with Crippen molar-refractivity contribution in [1.82, 2.24) is 0 Å².